The number of ether oxygens (including phenoxy) is 1. The van der Waals surface area contributed by atoms with Gasteiger partial charge in [0, 0.05) is 17.5 Å². The number of nitrogens with one attached hydrogen (secondary N) is 2. The Balaban J connectivity index is 2.02. The van der Waals surface area contributed by atoms with Crippen LogP contribution in [0.15, 0.2) is 39.9 Å². The summed E-state index contributed by atoms with van der Waals surface area (Å²) in [5, 5.41) is 6.54. The number of para-hydroxylation sites is 1. The molecule has 0 spiro atoms. The van der Waals surface area contributed by atoms with E-state index in [9.17, 15) is 0 Å². The van der Waals surface area contributed by atoms with Gasteiger partial charge in [0.2, 0.25) is 5.89 Å². The van der Waals surface area contributed by atoms with Gasteiger partial charge in [0.1, 0.15) is 11.5 Å². The van der Waals surface area contributed by atoms with Crippen LogP contribution < -0.4 is 15.4 Å². The molecule has 1 heterocycles. The summed E-state index contributed by atoms with van der Waals surface area (Å²) < 4.78 is 11.8. The number of oxazole rings is 1. The van der Waals surface area contributed by atoms with Crippen molar-refractivity contribution in [2.45, 2.75) is 60.0 Å². The first kappa shape index (κ1) is 21.8. The molecule has 2 aromatic rings. The highest BCUT2D eigenvalue weighted by Gasteiger charge is 2.19. The van der Waals surface area contributed by atoms with Crippen molar-refractivity contribution in [3.63, 3.8) is 0 Å². The third-order valence-corrected chi connectivity index (χ3v) is 4.00. The van der Waals surface area contributed by atoms with Crippen molar-refractivity contribution in [2.24, 2.45) is 10.9 Å². The van der Waals surface area contributed by atoms with Gasteiger partial charge in [-0.3, -0.25) is 0 Å². The normalized spacial score (nSPS) is 12.3. The number of rotatable bonds is 8. The van der Waals surface area contributed by atoms with E-state index in [-0.39, 0.29) is 5.41 Å². The van der Waals surface area contributed by atoms with Crippen molar-refractivity contribution in [3.8, 4) is 5.75 Å². The second-order valence-corrected chi connectivity index (χ2v) is 8.23. The monoisotopic (exact) mass is 386 g/mol. The maximum absolute atomic E-state index is 5.92. The maximum atomic E-state index is 5.92. The van der Waals surface area contributed by atoms with Gasteiger partial charge < -0.3 is 19.8 Å². The summed E-state index contributed by atoms with van der Waals surface area (Å²) in [5.41, 5.74) is 1.01. The Kier molecular flexibility index (Phi) is 7.91. The SMILES string of the molecule is CCNC(=NCc1ccccc1OCC(C)C)NCc1ncc(C(C)(C)C)o1. The molecule has 0 atom stereocenters. The zero-order chi connectivity index (χ0) is 20.6. The molecule has 0 unspecified atom stereocenters. The fourth-order valence-corrected chi connectivity index (χ4v) is 2.44. The van der Waals surface area contributed by atoms with E-state index in [0.29, 0.717) is 31.5 Å². The van der Waals surface area contributed by atoms with Crippen LogP contribution in [0.3, 0.4) is 0 Å². The number of benzene rings is 1. The van der Waals surface area contributed by atoms with Crippen LogP contribution in [0.25, 0.3) is 0 Å². The average molecular weight is 387 g/mol. The molecular weight excluding hydrogens is 352 g/mol. The van der Waals surface area contributed by atoms with Gasteiger partial charge in [-0.15, -0.1) is 0 Å². The largest absolute Gasteiger partial charge is 0.493 e. The molecule has 6 heteroatoms. The fraction of sp³-hybridized carbons (Fsp3) is 0.545. The summed E-state index contributed by atoms with van der Waals surface area (Å²) in [7, 11) is 0. The zero-order valence-electron chi connectivity index (χ0n) is 18.0. The van der Waals surface area contributed by atoms with Gasteiger partial charge in [-0.05, 0) is 18.9 Å². The van der Waals surface area contributed by atoms with Gasteiger partial charge in [-0.1, -0.05) is 52.8 Å². The number of nitrogens with zero attached hydrogens (tertiary/aromatic N) is 2. The molecule has 2 N–H and O–H groups in total. The van der Waals surface area contributed by atoms with Gasteiger partial charge in [-0.25, -0.2) is 9.98 Å². The first-order chi connectivity index (χ1) is 13.3. The number of guanidine groups is 1. The van der Waals surface area contributed by atoms with Gasteiger partial charge >= 0.3 is 0 Å². The summed E-state index contributed by atoms with van der Waals surface area (Å²) in [4.78, 5) is 9.04. The Bertz CT molecular complexity index is 760. The van der Waals surface area contributed by atoms with Crippen molar-refractivity contribution in [1.82, 2.24) is 15.6 Å². The lowest BCUT2D eigenvalue weighted by Gasteiger charge is -2.14. The molecule has 0 aliphatic carbocycles. The molecule has 0 bridgehead atoms. The number of aromatic nitrogens is 1. The fourth-order valence-electron chi connectivity index (χ4n) is 2.44. The Labute approximate surface area is 168 Å². The molecule has 0 amide bonds. The molecule has 6 nitrogen and oxygen atoms in total. The van der Waals surface area contributed by atoms with E-state index in [0.717, 1.165) is 29.6 Å². The van der Waals surface area contributed by atoms with Gasteiger partial charge in [0.25, 0.3) is 0 Å². The Morgan fingerprint density at radius 2 is 1.96 bits per heavy atom. The van der Waals surface area contributed by atoms with Crippen LogP contribution in [-0.4, -0.2) is 24.1 Å². The standard InChI is InChI=1S/C22H34N4O2/c1-7-23-21(26-14-20-24-13-19(28-20)22(4,5)6)25-12-17-10-8-9-11-18(17)27-15-16(2)3/h8-11,13,16H,7,12,14-15H2,1-6H3,(H2,23,25,26). The number of hydrogen-bond donors (Lipinski definition) is 2. The molecule has 2 rings (SSSR count). The lowest BCUT2D eigenvalue weighted by Crippen LogP contribution is -2.36. The highest BCUT2D eigenvalue weighted by molar-refractivity contribution is 5.79. The molecule has 154 valence electrons. The second-order valence-electron chi connectivity index (χ2n) is 8.23. The smallest absolute Gasteiger partial charge is 0.213 e. The molecule has 0 radical (unpaired) electrons. The zero-order valence-corrected chi connectivity index (χ0v) is 18.0. The highest BCUT2D eigenvalue weighted by Crippen LogP contribution is 2.22. The van der Waals surface area contributed by atoms with Crippen molar-refractivity contribution in [3.05, 3.63) is 47.7 Å². The molecule has 28 heavy (non-hydrogen) atoms. The van der Waals surface area contributed by atoms with Gasteiger partial charge in [-0.2, -0.15) is 0 Å². The van der Waals surface area contributed by atoms with Crippen molar-refractivity contribution in [2.75, 3.05) is 13.2 Å². The Hall–Kier alpha value is -2.50. The highest BCUT2D eigenvalue weighted by atomic mass is 16.5. The first-order valence-electron chi connectivity index (χ1n) is 9.97. The van der Waals surface area contributed by atoms with Crippen LogP contribution >= 0.6 is 0 Å². The Morgan fingerprint density at radius 3 is 2.61 bits per heavy atom. The van der Waals surface area contributed by atoms with Crippen molar-refractivity contribution in [1.29, 1.82) is 0 Å². The van der Waals surface area contributed by atoms with Crippen molar-refractivity contribution >= 4 is 5.96 Å². The summed E-state index contributed by atoms with van der Waals surface area (Å²) in [6.07, 6.45) is 1.80. The van der Waals surface area contributed by atoms with Crippen LogP contribution in [0.4, 0.5) is 0 Å². The second kappa shape index (κ2) is 10.2. The summed E-state index contributed by atoms with van der Waals surface area (Å²) >= 11 is 0. The van der Waals surface area contributed by atoms with E-state index in [1.165, 1.54) is 0 Å². The lowest BCUT2D eigenvalue weighted by molar-refractivity contribution is 0.268. The minimum absolute atomic E-state index is 0.0520. The van der Waals surface area contributed by atoms with Gasteiger partial charge in [0.15, 0.2) is 5.96 Å². The molecule has 0 fully saturated rings. The third-order valence-electron chi connectivity index (χ3n) is 4.00. The molecule has 0 aliphatic rings. The summed E-state index contributed by atoms with van der Waals surface area (Å²) in [6, 6.07) is 8.04. The van der Waals surface area contributed by atoms with Gasteiger partial charge in [0.05, 0.1) is 25.9 Å². The summed E-state index contributed by atoms with van der Waals surface area (Å²) in [5.74, 6) is 3.61. The summed E-state index contributed by atoms with van der Waals surface area (Å²) in [6.45, 7) is 15.1. The van der Waals surface area contributed by atoms with Crippen molar-refractivity contribution < 1.29 is 9.15 Å². The number of hydrogen-bond acceptors (Lipinski definition) is 4. The minimum atomic E-state index is -0.0520. The van der Waals surface area contributed by atoms with Crippen LogP contribution in [-0.2, 0) is 18.5 Å². The van der Waals surface area contributed by atoms with Crippen LogP contribution in [0, 0.1) is 5.92 Å². The number of aliphatic imine (C=N–C) groups is 1. The van der Waals surface area contributed by atoms with Crippen LogP contribution in [0.2, 0.25) is 0 Å². The average Bonchev–Trinajstić information content (AvgIpc) is 3.12. The predicted octanol–water partition coefficient (Wildman–Crippen LogP) is 4.26. The maximum Gasteiger partial charge on any atom is 0.213 e. The van der Waals surface area contributed by atoms with Crippen LogP contribution in [0.5, 0.6) is 5.75 Å². The predicted molar refractivity (Wildman–Crippen MR) is 114 cm³/mol. The lowest BCUT2D eigenvalue weighted by atomic mass is 9.94. The molecule has 1 aromatic heterocycles. The van der Waals surface area contributed by atoms with Crippen LogP contribution in [0.1, 0.15) is 58.8 Å². The van der Waals surface area contributed by atoms with E-state index in [1.807, 2.05) is 31.2 Å². The first-order valence-corrected chi connectivity index (χ1v) is 9.97. The van der Waals surface area contributed by atoms with E-state index < -0.39 is 0 Å². The van der Waals surface area contributed by atoms with E-state index in [1.54, 1.807) is 6.20 Å². The molecule has 0 saturated carbocycles. The topological polar surface area (TPSA) is 71.7 Å². The van der Waals surface area contributed by atoms with E-state index in [2.05, 4.69) is 55.2 Å². The third kappa shape index (κ3) is 6.91. The Morgan fingerprint density at radius 1 is 1.21 bits per heavy atom. The quantitative estimate of drug-likeness (QED) is 0.524. The minimum Gasteiger partial charge on any atom is -0.493 e. The molecular formula is C22H34N4O2. The van der Waals surface area contributed by atoms with E-state index >= 15 is 0 Å². The molecule has 1 aromatic carbocycles. The molecule has 0 saturated heterocycles. The molecule has 0 aliphatic heterocycles. The van der Waals surface area contributed by atoms with E-state index in [4.69, 9.17) is 9.15 Å².